The van der Waals surface area contributed by atoms with Gasteiger partial charge in [0.2, 0.25) is 5.78 Å². The van der Waals surface area contributed by atoms with Crippen molar-refractivity contribution in [2.75, 3.05) is 26.4 Å². The van der Waals surface area contributed by atoms with E-state index < -0.39 is 89.0 Å². The number of esters is 3. The zero-order chi connectivity index (χ0) is 45.1. The average molecular weight is 864 g/mol. The molecule has 1 amide bonds. The topological polar surface area (TPSA) is 193 Å². The van der Waals surface area contributed by atoms with Crippen molar-refractivity contribution in [1.29, 1.82) is 0 Å². The molecule has 3 N–H and O–H groups in total. The van der Waals surface area contributed by atoms with Crippen molar-refractivity contribution in [3.05, 3.63) is 142 Å². The van der Waals surface area contributed by atoms with Gasteiger partial charge in [0.05, 0.1) is 30.7 Å². The first-order valence-corrected chi connectivity index (χ1v) is 21.0. The molecule has 332 valence electrons. The van der Waals surface area contributed by atoms with Gasteiger partial charge >= 0.3 is 17.9 Å². The van der Waals surface area contributed by atoms with Gasteiger partial charge in [0.25, 0.3) is 5.91 Å². The number of allylic oxidation sites excluding steroid dienone is 1. The van der Waals surface area contributed by atoms with E-state index in [9.17, 15) is 29.4 Å². The third-order valence-corrected chi connectivity index (χ3v) is 12.8. The maximum absolute atomic E-state index is 15.3. The van der Waals surface area contributed by atoms with Crippen molar-refractivity contribution in [3.8, 4) is 0 Å². The minimum Gasteiger partial charge on any atom is -0.485 e. The largest absolute Gasteiger partial charge is 0.485 e. The van der Waals surface area contributed by atoms with Gasteiger partial charge in [-0.15, -0.1) is 0 Å². The molecule has 0 unspecified atom stereocenters. The summed E-state index contributed by atoms with van der Waals surface area (Å²) in [6, 6.07) is 23.6. The van der Waals surface area contributed by atoms with Gasteiger partial charge in [0, 0.05) is 42.9 Å². The van der Waals surface area contributed by atoms with Gasteiger partial charge in [-0.2, -0.15) is 0 Å². The van der Waals surface area contributed by atoms with Crippen molar-refractivity contribution in [1.82, 2.24) is 5.32 Å². The molecule has 14 heteroatoms. The van der Waals surface area contributed by atoms with Crippen molar-refractivity contribution in [2.24, 2.45) is 11.3 Å². The summed E-state index contributed by atoms with van der Waals surface area (Å²) in [6.07, 6.45) is -2.66. The molecule has 3 aromatic rings. The molecule has 14 nitrogen and oxygen atoms in total. The molecule has 3 aromatic carbocycles. The second kappa shape index (κ2) is 18.4. The van der Waals surface area contributed by atoms with Crippen LogP contribution in [0.4, 0.5) is 0 Å². The highest BCUT2D eigenvalue weighted by molar-refractivity contribution is 6.09. The predicted molar refractivity (Wildman–Crippen MR) is 227 cm³/mol. The van der Waals surface area contributed by atoms with Crippen LogP contribution in [0.1, 0.15) is 79.8 Å². The predicted octanol–water partition coefficient (Wildman–Crippen LogP) is 5.30. The van der Waals surface area contributed by atoms with Crippen LogP contribution in [0.3, 0.4) is 0 Å². The molecule has 0 aromatic heterocycles. The first kappa shape index (κ1) is 45.1. The van der Waals surface area contributed by atoms with Crippen LogP contribution in [-0.4, -0.2) is 102 Å². The molecule has 1 saturated heterocycles. The van der Waals surface area contributed by atoms with E-state index in [-0.39, 0.29) is 66.5 Å². The Hall–Kier alpha value is -5.93. The number of nitrogens with one attached hydrogen (secondary N) is 1. The van der Waals surface area contributed by atoms with E-state index in [1.54, 1.807) is 131 Å². The number of fused-ring (bicyclic) bond motifs is 5. The number of benzene rings is 3. The zero-order valence-corrected chi connectivity index (χ0v) is 35.9. The van der Waals surface area contributed by atoms with E-state index in [0.29, 0.717) is 5.56 Å². The summed E-state index contributed by atoms with van der Waals surface area (Å²) in [6.45, 7) is 7.85. The van der Waals surface area contributed by atoms with Crippen LogP contribution in [0, 0.1) is 11.3 Å². The van der Waals surface area contributed by atoms with Crippen molar-refractivity contribution >= 4 is 29.6 Å². The molecule has 0 radical (unpaired) electrons. The average Bonchev–Trinajstić information content (AvgIpc) is 3.27. The second-order valence-corrected chi connectivity index (χ2v) is 16.9. The van der Waals surface area contributed by atoms with Gasteiger partial charge in [-0.25, -0.2) is 9.59 Å². The van der Waals surface area contributed by atoms with Crippen LogP contribution < -0.4 is 5.32 Å². The lowest BCUT2D eigenvalue weighted by Gasteiger charge is -2.60. The number of Topliss-reactive ketones (excluding diaryl/α,β-unsaturated/α-hetero) is 1. The highest BCUT2D eigenvalue weighted by Gasteiger charge is 2.70. The Morgan fingerprint density at radius 3 is 2.08 bits per heavy atom. The van der Waals surface area contributed by atoms with Gasteiger partial charge in [-0.1, -0.05) is 86.7 Å². The smallest absolute Gasteiger partial charge is 0.338 e. The van der Waals surface area contributed by atoms with Crippen LogP contribution in [0.2, 0.25) is 0 Å². The number of ketones is 1. The molecular formula is C49H53NO13. The maximum atomic E-state index is 15.3. The molecule has 63 heavy (non-hydrogen) atoms. The Kier molecular flexibility index (Phi) is 13.2. The van der Waals surface area contributed by atoms with Gasteiger partial charge in [-0.3, -0.25) is 14.4 Å². The van der Waals surface area contributed by atoms with Gasteiger partial charge in [-0.05, 0) is 60.9 Å². The summed E-state index contributed by atoms with van der Waals surface area (Å²) >= 11 is 0. The summed E-state index contributed by atoms with van der Waals surface area (Å²) in [4.78, 5) is 70.6. The minimum atomic E-state index is -2.27. The molecule has 7 rings (SSSR count). The molecule has 2 aliphatic heterocycles. The monoisotopic (exact) mass is 863 g/mol. The number of carbonyl (C=O) groups excluding carboxylic acids is 5. The molecule has 2 aliphatic carbocycles. The number of hydrogen-bond donors (Lipinski definition) is 3. The van der Waals surface area contributed by atoms with E-state index >= 15 is 4.79 Å². The highest BCUT2D eigenvalue weighted by Crippen LogP contribution is 2.58. The van der Waals surface area contributed by atoms with Crippen LogP contribution in [-0.2, 0) is 42.8 Å². The normalized spacial score (nSPS) is 29.4. The van der Waals surface area contributed by atoms with E-state index in [1.807, 2.05) is 0 Å². The van der Waals surface area contributed by atoms with E-state index in [1.165, 1.54) is 6.92 Å². The Morgan fingerprint density at radius 1 is 0.841 bits per heavy atom. The van der Waals surface area contributed by atoms with E-state index in [4.69, 9.17) is 28.4 Å². The molecular weight excluding hydrogens is 811 g/mol. The lowest BCUT2D eigenvalue weighted by atomic mass is 9.53. The summed E-state index contributed by atoms with van der Waals surface area (Å²) in [5.41, 5.74) is -4.12. The lowest BCUT2D eigenvalue weighted by molar-refractivity contribution is -0.296. The maximum Gasteiger partial charge on any atom is 0.338 e. The molecule has 1 fully saturated rings. The van der Waals surface area contributed by atoms with Crippen LogP contribution in [0.15, 0.2) is 126 Å². The third-order valence-electron chi connectivity index (χ3n) is 12.8. The number of hydrogen-bond acceptors (Lipinski definition) is 13. The summed E-state index contributed by atoms with van der Waals surface area (Å²) in [5.74, 6) is -5.31. The fraction of sp³-hybridized carbons (Fsp3) is 0.408. The standard InChI is InChI=1S/C49H53NO13/c1-29-35(61-46(56)41(53)39(32-17-9-6-10-18-32)50-44(54)33-19-11-7-12-20-33)27-49(57)43(62-45(55)34-21-13-8-14-22-34)38-30(2)42(40(52)37(29)47(49,4)5)59-25-16-15-24-58-26-23-36-48(38,28-60-36)63-31(3)51/h6-22,35-36,38-39,41,43,53,57H,23-28H2,1-5H3,(H,50,54)/b16-15+,42-30+/t35-,36+,38+,39-,41+,43-,48-,49+/m0/s1. The lowest BCUT2D eigenvalue weighted by Crippen LogP contribution is -2.73. The fourth-order valence-corrected chi connectivity index (χ4v) is 9.47. The number of carbonyl (C=O) groups is 5. The Bertz CT molecular complexity index is 2310. The number of rotatable bonds is 9. The summed E-state index contributed by atoms with van der Waals surface area (Å²) < 4.78 is 37.1. The Labute approximate surface area is 365 Å². The zero-order valence-electron chi connectivity index (χ0n) is 35.9. The Morgan fingerprint density at radius 2 is 1.46 bits per heavy atom. The molecule has 8 atom stereocenters. The van der Waals surface area contributed by atoms with Crippen LogP contribution in [0.25, 0.3) is 0 Å². The second-order valence-electron chi connectivity index (χ2n) is 16.9. The molecule has 2 heterocycles. The first-order valence-electron chi connectivity index (χ1n) is 21.0. The fourth-order valence-electron chi connectivity index (χ4n) is 9.47. The van der Waals surface area contributed by atoms with Crippen molar-refractivity contribution in [2.45, 2.75) is 89.1 Å². The molecule has 4 aliphatic rings. The van der Waals surface area contributed by atoms with Crippen molar-refractivity contribution in [3.63, 3.8) is 0 Å². The quantitative estimate of drug-likeness (QED) is 0.143. The number of amides is 1. The van der Waals surface area contributed by atoms with Gasteiger partial charge in [0.15, 0.2) is 17.5 Å². The van der Waals surface area contributed by atoms with Crippen molar-refractivity contribution < 1.29 is 62.6 Å². The molecule has 0 saturated carbocycles. The summed E-state index contributed by atoms with van der Waals surface area (Å²) in [7, 11) is 0. The minimum absolute atomic E-state index is 0.0219. The van der Waals surface area contributed by atoms with Crippen LogP contribution in [0.5, 0.6) is 0 Å². The Balaban J connectivity index is 1.37. The van der Waals surface area contributed by atoms with Gasteiger partial charge in [0.1, 0.15) is 30.5 Å². The number of aliphatic hydroxyl groups excluding tert-OH is 1. The third kappa shape index (κ3) is 8.60. The van der Waals surface area contributed by atoms with Crippen LogP contribution >= 0.6 is 0 Å². The van der Waals surface area contributed by atoms with E-state index in [0.717, 1.165) is 0 Å². The molecule has 0 spiro atoms. The summed E-state index contributed by atoms with van der Waals surface area (Å²) in [5, 5.41) is 28.2. The molecule has 4 bridgehead atoms. The highest BCUT2D eigenvalue weighted by atomic mass is 16.6. The van der Waals surface area contributed by atoms with Gasteiger partial charge < -0.3 is 44.0 Å². The number of ether oxygens (including phenoxy) is 6. The first-order chi connectivity index (χ1) is 30.1. The number of aliphatic hydroxyl groups is 2. The van der Waals surface area contributed by atoms with E-state index in [2.05, 4.69) is 5.32 Å². The SMILES string of the molecule is CC(=O)O[C@@]12CO[C@@H]1CCOC/C=C/CO/C1=C(\C)[C@@H]2[C@H](OC(=O)c2ccccc2)[C@]2(O)C[C@H](OC(=O)[C@H](O)[C@@H](NC(=O)c3ccccc3)c3ccccc3)C(C)=C(C1=O)C2(C)C.